The first-order valence-electron chi connectivity index (χ1n) is 9.10. The van der Waals surface area contributed by atoms with E-state index in [1.165, 1.54) is 11.3 Å². The highest BCUT2D eigenvalue weighted by Crippen LogP contribution is 2.17. The summed E-state index contributed by atoms with van der Waals surface area (Å²) in [6.07, 6.45) is 0.757. The van der Waals surface area contributed by atoms with Crippen LogP contribution in [0.15, 0.2) is 66.0 Å². The molecule has 3 aromatic rings. The molecule has 0 bridgehead atoms. The molecule has 0 radical (unpaired) electrons. The van der Waals surface area contributed by atoms with Crippen molar-refractivity contribution in [3.8, 4) is 0 Å². The lowest BCUT2D eigenvalue weighted by Crippen LogP contribution is -2.14. The van der Waals surface area contributed by atoms with Crippen molar-refractivity contribution in [1.29, 1.82) is 0 Å². The zero-order valence-corrected chi connectivity index (χ0v) is 16.6. The maximum absolute atomic E-state index is 12.5. The first kappa shape index (κ1) is 20.3. The molecule has 0 aliphatic carbocycles. The molecular formula is C22H20N2O4S. The minimum Gasteiger partial charge on any atom is -0.462 e. The van der Waals surface area contributed by atoms with Crippen LogP contribution >= 0.6 is 11.3 Å². The normalized spacial score (nSPS) is 10.2. The molecule has 2 aromatic carbocycles. The molecule has 2 N–H and O–H groups in total. The van der Waals surface area contributed by atoms with Gasteiger partial charge in [-0.05, 0) is 60.3 Å². The van der Waals surface area contributed by atoms with Crippen LogP contribution in [-0.2, 0) is 4.74 Å². The largest absolute Gasteiger partial charge is 0.462 e. The quantitative estimate of drug-likeness (QED) is 0.549. The van der Waals surface area contributed by atoms with E-state index in [1.807, 2.05) is 12.3 Å². The Labute approximate surface area is 172 Å². The van der Waals surface area contributed by atoms with Gasteiger partial charge in [0.05, 0.1) is 17.0 Å². The zero-order valence-electron chi connectivity index (χ0n) is 15.8. The van der Waals surface area contributed by atoms with Crippen LogP contribution in [0.4, 0.5) is 11.4 Å². The molecule has 0 atom stereocenters. The Morgan fingerprint density at radius 2 is 1.62 bits per heavy atom. The predicted molar refractivity (Wildman–Crippen MR) is 114 cm³/mol. The Hall–Kier alpha value is -3.45. The van der Waals surface area contributed by atoms with Gasteiger partial charge < -0.3 is 15.4 Å². The second-order valence-corrected chi connectivity index (χ2v) is 7.13. The second-order valence-electron chi connectivity index (χ2n) is 6.18. The number of amides is 2. The van der Waals surface area contributed by atoms with Crippen molar-refractivity contribution in [2.24, 2.45) is 0 Å². The topological polar surface area (TPSA) is 84.5 Å². The molecule has 1 heterocycles. The summed E-state index contributed by atoms with van der Waals surface area (Å²) >= 11 is 1.35. The number of carbonyl (C=O) groups is 3. The fourth-order valence-corrected chi connectivity index (χ4v) is 3.13. The number of hydrogen-bond donors (Lipinski definition) is 2. The van der Waals surface area contributed by atoms with Crippen LogP contribution in [0.25, 0.3) is 0 Å². The number of thiophene rings is 1. The molecule has 7 heteroatoms. The smallest absolute Gasteiger partial charge is 0.338 e. The minimum atomic E-state index is -0.390. The molecule has 0 fully saturated rings. The van der Waals surface area contributed by atoms with Crippen molar-refractivity contribution in [1.82, 2.24) is 0 Å². The number of benzene rings is 2. The molecule has 6 nitrogen and oxygen atoms in total. The van der Waals surface area contributed by atoms with Gasteiger partial charge in [0.15, 0.2) is 0 Å². The summed E-state index contributed by atoms with van der Waals surface area (Å²) in [5, 5.41) is 7.38. The predicted octanol–water partition coefficient (Wildman–Crippen LogP) is 4.82. The number of nitrogens with one attached hydrogen (secondary N) is 2. The van der Waals surface area contributed by atoms with Gasteiger partial charge in [0.2, 0.25) is 0 Å². The number of hydrogen-bond acceptors (Lipinski definition) is 5. The summed E-state index contributed by atoms with van der Waals surface area (Å²) < 4.78 is 5.08. The van der Waals surface area contributed by atoms with Crippen LogP contribution in [0.1, 0.15) is 43.7 Å². The molecular weight excluding hydrogens is 388 g/mol. The summed E-state index contributed by atoms with van der Waals surface area (Å²) in [6.45, 7) is 2.30. The molecule has 3 rings (SSSR count). The van der Waals surface area contributed by atoms with Crippen LogP contribution in [0.2, 0.25) is 0 Å². The number of rotatable bonds is 7. The molecule has 0 saturated heterocycles. The van der Waals surface area contributed by atoms with Gasteiger partial charge in [0.25, 0.3) is 11.8 Å². The summed E-state index contributed by atoms with van der Waals surface area (Å²) in [4.78, 5) is 37.1. The van der Waals surface area contributed by atoms with Crippen molar-refractivity contribution >= 4 is 40.5 Å². The maximum Gasteiger partial charge on any atom is 0.338 e. The summed E-state index contributed by atoms with van der Waals surface area (Å²) in [7, 11) is 0. The molecule has 0 aliphatic rings. The van der Waals surface area contributed by atoms with Crippen molar-refractivity contribution in [2.45, 2.75) is 13.3 Å². The molecule has 29 heavy (non-hydrogen) atoms. The number of ether oxygens (including phenoxy) is 1. The van der Waals surface area contributed by atoms with Gasteiger partial charge in [-0.3, -0.25) is 9.59 Å². The minimum absolute atomic E-state index is 0.219. The summed E-state index contributed by atoms with van der Waals surface area (Å²) in [5.41, 5.74) is 1.91. The van der Waals surface area contributed by atoms with E-state index in [1.54, 1.807) is 60.7 Å². The molecule has 0 aliphatic heterocycles. The van der Waals surface area contributed by atoms with Crippen molar-refractivity contribution < 1.29 is 19.1 Å². The van der Waals surface area contributed by atoms with E-state index in [-0.39, 0.29) is 17.8 Å². The van der Waals surface area contributed by atoms with E-state index in [2.05, 4.69) is 10.6 Å². The van der Waals surface area contributed by atoms with Crippen LogP contribution < -0.4 is 10.6 Å². The SMILES string of the molecule is CCCOC(=O)c1ccc(NC(=O)c2cccc(NC(=O)c3cccs3)c2)cc1. The van der Waals surface area contributed by atoms with Gasteiger partial charge in [0, 0.05) is 16.9 Å². The van der Waals surface area contributed by atoms with E-state index in [4.69, 9.17) is 4.74 Å². The highest BCUT2D eigenvalue weighted by Gasteiger charge is 2.11. The zero-order chi connectivity index (χ0) is 20.6. The number of esters is 1. The molecule has 148 valence electrons. The van der Waals surface area contributed by atoms with E-state index in [0.717, 1.165) is 6.42 Å². The monoisotopic (exact) mass is 408 g/mol. The lowest BCUT2D eigenvalue weighted by atomic mass is 10.1. The Kier molecular flexibility index (Phi) is 6.76. The van der Waals surface area contributed by atoms with Crippen LogP contribution in [-0.4, -0.2) is 24.4 Å². The van der Waals surface area contributed by atoms with E-state index < -0.39 is 0 Å². The Balaban J connectivity index is 1.63. The van der Waals surface area contributed by atoms with Crippen LogP contribution in [0.3, 0.4) is 0 Å². The lowest BCUT2D eigenvalue weighted by molar-refractivity contribution is 0.0505. The molecule has 0 unspecified atom stereocenters. The third-order valence-electron chi connectivity index (χ3n) is 3.94. The molecule has 1 aromatic heterocycles. The first-order chi connectivity index (χ1) is 14.1. The van der Waals surface area contributed by atoms with E-state index >= 15 is 0 Å². The van der Waals surface area contributed by atoms with E-state index in [0.29, 0.717) is 34.0 Å². The summed E-state index contributed by atoms with van der Waals surface area (Å²) in [5.74, 6) is -0.930. The number of anilines is 2. The van der Waals surface area contributed by atoms with Crippen molar-refractivity contribution in [3.63, 3.8) is 0 Å². The van der Waals surface area contributed by atoms with Crippen LogP contribution in [0.5, 0.6) is 0 Å². The average molecular weight is 408 g/mol. The molecule has 0 saturated carbocycles. The van der Waals surface area contributed by atoms with Gasteiger partial charge in [-0.2, -0.15) is 0 Å². The van der Waals surface area contributed by atoms with Gasteiger partial charge >= 0.3 is 5.97 Å². The van der Waals surface area contributed by atoms with Gasteiger partial charge in [0.1, 0.15) is 0 Å². The Bertz CT molecular complexity index is 998. The summed E-state index contributed by atoms with van der Waals surface area (Å²) in [6, 6.07) is 16.7. The maximum atomic E-state index is 12.5. The highest BCUT2D eigenvalue weighted by molar-refractivity contribution is 7.12. The third-order valence-corrected chi connectivity index (χ3v) is 4.81. The standard InChI is InChI=1S/C22H20N2O4S/c1-2-12-28-22(27)15-8-10-17(11-9-15)23-20(25)16-5-3-6-18(14-16)24-21(26)19-7-4-13-29-19/h3-11,13-14H,2,12H2,1H3,(H,23,25)(H,24,26). The Morgan fingerprint density at radius 3 is 2.31 bits per heavy atom. The molecule has 2 amide bonds. The molecule has 0 spiro atoms. The third kappa shape index (κ3) is 5.52. The fraction of sp³-hybridized carbons (Fsp3) is 0.136. The first-order valence-corrected chi connectivity index (χ1v) is 9.98. The van der Waals surface area contributed by atoms with E-state index in [9.17, 15) is 14.4 Å². The van der Waals surface area contributed by atoms with Gasteiger partial charge in [-0.1, -0.05) is 19.1 Å². The highest BCUT2D eigenvalue weighted by atomic mass is 32.1. The Morgan fingerprint density at radius 1 is 0.862 bits per heavy atom. The fourth-order valence-electron chi connectivity index (χ4n) is 2.51. The van der Waals surface area contributed by atoms with Crippen LogP contribution in [0, 0.1) is 0 Å². The number of carbonyl (C=O) groups excluding carboxylic acids is 3. The average Bonchev–Trinajstić information content (AvgIpc) is 3.28. The lowest BCUT2D eigenvalue weighted by Gasteiger charge is -2.09. The van der Waals surface area contributed by atoms with Gasteiger partial charge in [-0.25, -0.2) is 4.79 Å². The van der Waals surface area contributed by atoms with Crippen molar-refractivity contribution in [3.05, 3.63) is 82.0 Å². The van der Waals surface area contributed by atoms with Gasteiger partial charge in [-0.15, -0.1) is 11.3 Å². The second kappa shape index (κ2) is 9.66. The van der Waals surface area contributed by atoms with Crippen molar-refractivity contribution in [2.75, 3.05) is 17.2 Å².